The number of aromatic nitrogens is 2. The van der Waals surface area contributed by atoms with E-state index < -0.39 is 0 Å². The number of benzene rings is 1. The first-order chi connectivity index (χ1) is 13.0. The summed E-state index contributed by atoms with van der Waals surface area (Å²) in [5, 5.41) is 2.89. The predicted octanol–water partition coefficient (Wildman–Crippen LogP) is 2.66. The number of carbonyl (C=O) groups excluding carboxylic acids is 2. The van der Waals surface area contributed by atoms with Crippen LogP contribution in [0.3, 0.4) is 0 Å². The maximum Gasteiger partial charge on any atom is 0.253 e. The molecule has 1 N–H and O–H groups in total. The molecule has 2 amide bonds. The molecule has 6 heteroatoms. The molecule has 1 aromatic carbocycles. The van der Waals surface area contributed by atoms with E-state index in [4.69, 9.17) is 0 Å². The van der Waals surface area contributed by atoms with E-state index in [1.807, 2.05) is 52.9 Å². The lowest BCUT2D eigenvalue weighted by molar-refractivity contribution is -0.119. The number of hydrogen-bond donors (Lipinski definition) is 1. The molecule has 1 aliphatic rings. The molecule has 6 nitrogen and oxygen atoms in total. The highest BCUT2D eigenvalue weighted by molar-refractivity contribution is 5.95. The monoisotopic (exact) mass is 362 g/mol. The minimum atomic E-state index is -0.0541. The SMILES string of the molecule is CC(=O)N[C@@H]1CCN(C(=O)c2cccc(-c3cc(C)c4nccn4c3)c2)C1. The lowest BCUT2D eigenvalue weighted by atomic mass is 10.0. The highest BCUT2D eigenvalue weighted by Gasteiger charge is 2.27. The number of aryl methyl sites for hydroxylation is 1. The van der Waals surface area contributed by atoms with Gasteiger partial charge in [-0.25, -0.2) is 4.98 Å². The van der Waals surface area contributed by atoms with Crippen molar-refractivity contribution in [1.29, 1.82) is 0 Å². The first-order valence-electron chi connectivity index (χ1n) is 9.11. The van der Waals surface area contributed by atoms with Crippen LogP contribution in [-0.4, -0.2) is 45.2 Å². The third-order valence-corrected chi connectivity index (χ3v) is 5.00. The number of hydrogen-bond acceptors (Lipinski definition) is 3. The minimum absolute atomic E-state index is 0.00475. The summed E-state index contributed by atoms with van der Waals surface area (Å²) in [7, 11) is 0. The molecule has 1 atom stereocenters. The summed E-state index contributed by atoms with van der Waals surface area (Å²) in [4.78, 5) is 30.3. The van der Waals surface area contributed by atoms with Gasteiger partial charge in [0.25, 0.3) is 5.91 Å². The van der Waals surface area contributed by atoms with Gasteiger partial charge in [-0.15, -0.1) is 0 Å². The molecule has 3 heterocycles. The van der Waals surface area contributed by atoms with Crippen LogP contribution in [0.5, 0.6) is 0 Å². The van der Waals surface area contributed by atoms with E-state index in [1.165, 1.54) is 6.92 Å². The minimum Gasteiger partial charge on any atom is -0.352 e. The molecule has 1 aliphatic heterocycles. The Balaban J connectivity index is 1.58. The van der Waals surface area contributed by atoms with Gasteiger partial charge in [-0.1, -0.05) is 12.1 Å². The molecule has 1 saturated heterocycles. The van der Waals surface area contributed by atoms with Gasteiger partial charge in [0.05, 0.1) is 0 Å². The van der Waals surface area contributed by atoms with Gasteiger partial charge in [0.1, 0.15) is 5.65 Å². The number of imidazole rings is 1. The zero-order chi connectivity index (χ0) is 19.0. The second kappa shape index (κ2) is 6.87. The summed E-state index contributed by atoms with van der Waals surface area (Å²) >= 11 is 0. The molecule has 138 valence electrons. The first-order valence-corrected chi connectivity index (χ1v) is 9.11. The maximum atomic E-state index is 12.9. The fraction of sp³-hybridized carbons (Fsp3) is 0.286. The van der Waals surface area contributed by atoms with Gasteiger partial charge in [-0.2, -0.15) is 0 Å². The number of nitrogens with zero attached hydrogens (tertiary/aromatic N) is 3. The average molecular weight is 362 g/mol. The van der Waals surface area contributed by atoms with Crippen LogP contribution in [0.1, 0.15) is 29.3 Å². The summed E-state index contributed by atoms with van der Waals surface area (Å²) < 4.78 is 2.00. The Bertz CT molecular complexity index is 1020. The number of likely N-dealkylation sites (tertiary alicyclic amines) is 1. The molecule has 3 aromatic rings. The Hall–Kier alpha value is -3.15. The van der Waals surface area contributed by atoms with Crippen LogP contribution in [0, 0.1) is 6.92 Å². The fourth-order valence-electron chi connectivity index (χ4n) is 3.73. The highest BCUT2D eigenvalue weighted by Crippen LogP contribution is 2.24. The third-order valence-electron chi connectivity index (χ3n) is 5.00. The number of pyridine rings is 1. The van der Waals surface area contributed by atoms with E-state index in [-0.39, 0.29) is 17.9 Å². The van der Waals surface area contributed by atoms with Crippen molar-refractivity contribution in [3.63, 3.8) is 0 Å². The van der Waals surface area contributed by atoms with Gasteiger partial charge in [0, 0.05) is 50.2 Å². The van der Waals surface area contributed by atoms with Crippen molar-refractivity contribution in [2.75, 3.05) is 13.1 Å². The van der Waals surface area contributed by atoms with Crippen molar-refractivity contribution in [3.05, 3.63) is 60.0 Å². The largest absolute Gasteiger partial charge is 0.352 e. The summed E-state index contributed by atoms with van der Waals surface area (Å²) in [6.45, 7) is 4.76. The number of fused-ring (bicyclic) bond motifs is 1. The molecule has 0 radical (unpaired) electrons. The quantitative estimate of drug-likeness (QED) is 0.779. The van der Waals surface area contributed by atoms with Crippen LogP contribution in [0.4, 0.5) is 0 Å². The number of carbonyl (C=O) groups is 2. The molecule has 0 spiro atoms. The standard InChI is InChI=1S/C21H22N4O2/c1-14-10-18(12-24-9-7-22-20(14)24)16-4-3-5-17(11-16)21(27)25-8-6-19(13-25)23-15(2)26/h3-5,7,9-12,19H,6,8,13H2,1-2H3,(H,23,26)/t19-/m1/s1. The summed E-state index contributed by atoms with van der Waals surface area (Å²) in [5.41, 5.74) is 4.74. The topological polar surface area (TPSA) is 66.7 Å². The number of amides is 2. The molecular formula is C21H22N4O2. The highest BCUT2D eigenvalue weighted by atomic mass is 16.2. The molecule has 27 heavy (non-hydrogen) atoms. The normalized spacial score (nSPS) is 16.7. The zero-order valence-electron chi connectivity index (χ0n) is 15.5. The van der Waals surface area contributed by atoms with E-state index in [0.717, 1.165) is 28.8 Å². The van der Waals surface area contributed by atoms with E-state index in [0.29, 0.717) is 18.7 Å². The van der Waals surface area contributed by atoms with Crippen LogP contribution < -0.4 is 5.32 Å². The summed E-state index contributed by atoms with van der Waals surface area (Å²) in [6.07, 6.45) is 6.53. The molecular weight excluding hydrogens is 340 g/mol. The Labute approximate surface area is 157 Å². The Morgan fingerprint density at radius 3 is 2.89 bits per heavy atom. The Morgan fingerprint density at radius 2 is 2.07 bits per heavy atom. The van der Waals surface area contributed by atoms with Crippen LogP contribution in [0.15, 0.2) is 48.9 Å². The zero-order valence-corrected chi connectivity index (χ0v) is 15.5. The van der Waals surface area contributed by atoms with Crippen LogP contribution in [0.25, 0.3) is 16.8 Å². The molecule has 0 unspecified atom stereocenters. The average Bonchev–Trinajstić information content (AvgIpc) is 3.30. The molecule has 0 saturated carbocycles. The maximum absolute atomic E-state index is 12.9. The van der Waals surface area contributed by atoms with E-state index in [2.05, 4.69) is 16.4 Å². The van der Waals surface area contributed by atoms with E-state index >= 15 is 0 Å². The van der Waals surface area contributed by atoms with Gasteiger partial charge >= 0.3 is 0 Å². The second-order valence-corrected chi connectivity index (χ2v) is 7.09. The first kappa shape index (κ1) is 17.3. The molecule has 1 fully saturated rings. The second-order valence-electron chi connectivity index (χ2n) is 7.09. The fourth-order valence-corrected chi connectivity index (χ4v) is 3.73. The molecule has 2 aromatic heterocycles. The van der Waals surface area contributed by atoms with Crippen LogP contribution >= 0.6 is 0 Å². The van der Waals surface area contributed by atoms with Gasteiger partial charge in [0.15, 0.2) is 0 Å². The van der Waals surface area contributed by atoms with Gasteiger partial charge in [0.2, 0.25) is 5.91 Å². The Morgan fingerprint density at radius 1 is 1.22 bits per heavy atom. The van der Waals surface area contributed by atoms with E-state index in [1.54, 1.807) is 6.20 Å². The molecule has 0 bridgehead atoms. The van der Waals surface area contributed by atoms with Crippen molar-refractivity contribution in [1.82, 2.24) is 19.6 Å². The molecule has 0 aliphatic carbocycles. The third kappa shape index (κ3) is 3.43. The summed E-state index contributed by atoms with van der Waals surface area (Å²) in [5.74, 6) is -0.0494. The van der Waals surface area contributed by atoms with Crippen molar-refractivity contribution >= 4 is 17.5 Å². The smallest absolute Gasteiger partial charge is 0.253 e. The lowest BCUT2D eigenvalue weighted by Crippen LogP contribution is -2.37. The van der Waals surface area contributed by atoms with Gasteiger partial charge < -0.3 is 14.6 Å². The Kier molecular flexibility index (Phi) is 4.39. The van der Waals surface area contributed by atoms with Crippen molar-refractivity contribution in [2.45, 2.75) is 26.3 Å². The van der Waals surface area contributed by atoms with Gasteiger partial charge in [-0.05, 0) is 48.2 Å². The summed E-state index contributed by atoms with van der Waals surface area (Å²) in [6, 6.07) is 9.84. The lowest BCUT2D eigenvalue weighted by Gasteiger charge is -2.17. The van der Waals surface area contributed by atoms with E-state index in [9.17, 15) is 9.59 Å². The van der Waals surface area contributed by atoms with Crippen LogP contribution in [0.2, 0.25) is 0 Å². The van der Waals surface area contributed by atoms with Crippen molar-refractivity contribution < 1.29 is 9.59 Å². The number of nitrogens with one attached hydrogen (secondary N) is 1. The van der Waals surface area contributed by atoms with Gasteiger partial charge in [-0.3, -0.25) is 9.59 Å². The molecule has 4 rings (SSSR count). The number of rotatable bonds is 3. The van der Waals surface area contributed by atoms with Crippen LogP contribution in [-0.2, 0) is 4.79 Å². The van der Waals surface area contributed by atoms with Crippen molar-refractivity contribution in [2.24, 2.45) is 0 Å². The van der Waals surface area contributed by atoms with Crippen molar-refractivity contribution in [3.8, 4) is 11.1 Å². The predicted molar refractivity (Wildman–Crippen MR) is 103 cm³/mol.